The Morgan fingerprint density at radius 2 is 2.46 bits per heavy atom. The lowest BCUT2D eigenvalue weighted by Crippen LogP contribution is -2.36. The maximum absolute atomic E-state index is 11.4. The lowest BCUT2D eigenvalue weighted by Gasteiger charge is -2.20. The van der Waals surface area contributed by atoms with E-state index in [2.05, 4.69) is 6.58 Å². The zero-order valence-corrected chi connectivity index (χ0v) is 8.42. The predicted octanol–water partition coefficient (Wildman–Crippen LogP) is 1.54. The Kier molecular flexibility index (Phi) is 5.99. The molecule has 0 rings (SSSR count). The lowest BCUT2D eigenvalue weighted by atomic mass is 10.3. The van der Waals surface area contributed by atoms with Gasteiger partial charge in [0.25, 0.3) is 0 Å². The van der Waals surface area contributed by atoms with Crippen LogP contribution in [0.1, 0.15) is 13.3 Å². The Morgan fingerprint density at radius 3 is 2.85 bits per heavy atom. The number of halogens is 1. The van der Waals surface area contributed by atoms with Gasteiger partial charge < -0.3 is 4.90 Å². The van der Waals surface area contributed by atoms with E-state index in [0.29, 0.717) is 19.5 Å². The van der Waals surface area contributed by atoms with Crippen LogP contribution in [-0.2, 0) is 4.79 Å². The summed E-state index contributed by atoms with van der Waals surface area (Å²) in [5.74, 6) is -0.156. The molecular formula is C9H13ClN2O. The number of alkyl halides is 1. The maximum atomic E-state index is 11.4. The fourth-order valence-electron chi connectivity index (χ4n) is 0.884. The van der Waals surface area contributed by atoms with Gasteiger partial charge in [-0.05, 0) is 6.92 Å². The molecular weight excluding hydrogens is 188 g/mol. The minimum atomic E-state index is -0.543. The topological polar surface area (TPSA) is 44.1 Å². The molecule has 0 bridgehead atoms. The second-order valence-electron chi connectivity index (χ2n) is 2.60. The number of carbonyl (C=O) groups excluding carboxylic acids is 1. The van der Waals surface area contributed by atoms with Crippen molar-refractivity contribution in [2.24, 2.45) is 0 Å². The van der Waals surface area contributed by atoms with Gasteiger partial charge >= 0.3 is 0 Å². The largest absolute Gasteiger partial charge is 0.337 e. The summed E-state index contributed by atoms with van der Waals surface area (Å²) < 4.78 is 0. The fraction of sp³-hybridized carbons (Fsp3) is 0.556. The van der Waals surface area contributed by atoms with Crippen LogP contribution < -0.4 is 0 Å². The Labute approximate surface area is 83.6 Å². The summed E-state index contributed by atoms with van der Waals surface area (Å²) in [6.07, 6.45) is 1.94. The predicted molar refractivity (Wildman–Crippen MR) is 52.3 cm³/mol. The SMILES string of the molecule is C=CCN(CCC#N)C(=O)C(C)Cl. The van der Waals surface area contributed by atoms with E-state index in [-0.39, 0.29) is 5.91 Å². The average Bonchev–Trinajstić information content (AvgIpc) is 2.11. The van der Waals surface area contributed by atoms with E-state index in [1.165, 1.54) is 4.90 Å². The van der Waals surface area contributed by atoms with Gasteiger partial charge in [0.15, 0.2) is 0 Å². The van der Waals surface area contributed by atoms with E-state index in [0.717, 1.165) is 0 Å². The third kappa shape index (κ3) is 4.54. The van der Waals surface area contributed by atoms with E-state index in [1.807, 2.05) is 6.07 Å². The first-order valence-corrected chi connectivity index (χ1v) is 4.47. The molecule has 1 atom stereocenters. The molecule has 72 valence electrons. The van der Waals surface area contributed by atoms with Crippen LogP contribution in [0.3, 0.4) is 0 Å². The molecule has 0 aliphatic heterocycles. The molecule has 0 fully saturated rings. The summed E-state index contributed by atoms with van der Waals surface area (Å²) in [6.45, 7) is 6.00. The second kappa shape index (κ2) is 6.50. The van der Waals surface area contributed by atoms with Crippen LogP contribution in [-0.4, -0.2) is 29.3 Å². The molecule has 4 heteroatoms. The van der Waals surface area contributed by atoms with E-state index >= 15 is 0 Å². The van der Waals surface area contributed by atoms with Crippen LogP contribution in [0.5, 0.6) is 0 Å². The molecule has 0 spiro atoms. The zero-order chi connectivity index (χ0) is 10.3. The van der Waals surface area contributed by atoms with Crippen LogP contribution in [0, 0.1) is 11.3 Å². The van der Waals surface area contributed by atoms with Crippen molar-refractivity contribution in [1.82, 2.24) is 4.90 Å². The first-order valence-electron chi connectivity index (χ1n) is 4.04. The quantitative estimate of drug-likeness (QED) is 0.499. The lowest BCUT2D eigenvalue weighted by molar-refractivity contribution is -0.129. The van der Waals surface area contributed by atoms with Crippen LogP contribution in [0.4, 0.5) is 0 Å². The molecule has 1 amide bonds. The molecule has 0 saturated heterocycles. The number of nitrogens with zero attached hydrogens (tertiary/aromatic N) is 2. The highest BCUT2D eigenvalue weighted by Crippen LogP contribution is 2.02. The highest BCUT2D eigenvalue weighted by molar-refractivity contribution is 6.30. The van der Waals surface area contributed by atoms with Crippen LogP contribution in [0.2, 0.25) is 0 Å². The van der Waals surface area contributed by atoms with Gasteiger partial charge in [0.1, 0.15) is 5.38 Å². The van der Waals surface area contributed by atoms with Crippen molar-refractivity contribution >= 4 is 17.5 Å². The Hall–Kier alpha value is -1.01. The Morgan fingerprint density at radius 1 is 1.85 bits per heavy atom. The minimum absolute atomic E-state index is 0.156. The molecule has 0 N–H and O–H groups in total. The summed E-state index contributed by atoms with van der Waals surface area (Å²) >= 11 is 5.63. The van der Waals surface area contributed by atoms with Crippen molar-refractivity contribution in [3.8, 4) is 6.07 Å². The third-order valence-electron chi connectivity index (χ3n) is 1.49. The van der Waals surface area contributed by atoms with Crippen LogP contribution in [0.15, 0.2) is 12.7 Å². The molecule has 3 nitrogen and oxygen atoms in total. The van der Waals surface area contributed by atoms with Gasteiger partial charge in [-0.15, -0.1) is 18.2 Å². The van der Waals surface area contributed by atoms with E-state index in [9.17, 15) is 4.79 Å². The third-order valence-corrected chi connectivity index (χ3v) is 1.68. The molecule has 13 heavy (non-hydrogen) atoms. The highest BCUT2D eigenvalue weighted by atomic mass is 35.5. The Bertz CT molecular complexity index is 220. The zero-order valence-electron chi connectivity index (χ0n) is 7.66. The summed E-state index contributed by atoms with van der Waals surface area (Å²) in [6, 6.07) is 1.98. The number of rotatable bonds is 5. The number of hydrogen-bond donors (Lipinski definition) is 0. The molecule has 0 aliphatic rings. The van der Waals surface area contributed by atoms with Crippen molar-refractivity contribution in [3.63, 3.8) is 0 Å². The minimum Gasteiger partial charge on any atom is -0.337 e. The van der Waals surface area contributed by atoms with Gasteiger partial charge in [0, 0.05) is 13.1 Å². The monoisotopic (exact) mass is 200 g/mol. The standard InChI is InChI=1S/C9H13ClN2O/c1-3-6-12(7-4-5-11)9(13)8(2)10/h3,8H,1,4,6-7H2,2H3. The van der Waals surface area contributed by atoms with Gasteiger partial charge in [0.2, 0.25) is 5.91 Å². The summed E-state index contributed by atoms with van der Waals surface area (Å²) in [4.78, 5) is 12.9. The summed E-state index contributed by atoms with van der Waals surface area (Å²) in [5.41, 5.74) is 0. The van der Waals surface area contributed by atoms with Crippen molar-refractivity contribution in [2.45, 2.75) is 18.7 Å². The van der Waals surface area contributed by atoms with Crippen molar-refractivity contribution in [1.29, 1.82) is 5.26 Å². The van der Waals surface area contributed by atoms with Crippen molar-refractivity contribution in [3.05, 3.63) is 12.7 Å². The number of amides is 1. The first kappa shape index (κ1) is 12.0. The normalized spacial score (nSPS) is 11.5. The van der Waals surface area contributed by atoms with Crippen LogP contribution in [0.25, 0.3) is 0 Å². The van der Waals surface area contributed by atoms with E-state index < -0.39 is 5.38 Å². The number of nitriles is 1. The van der Waals surface area contributed by atoms with E-state index in [1.54, 1.807) is 13.0 Å². The molecule has 0 aromatic rings. The van der Waals surface area contributed by atoms with Gasteiger partial charge in [-0.2, -0.15) is 5.26 Å². The molecule has 0 radical (unpaired) electrons. The second-order valence-corrected chi connectivity index (χ2v) is 3.25. The molecule has 0 saturated carbocycles. The van der Waals surface area contributed by atoms with Gasteiger partial charge in [-0.25, -0.2) is 0 Å². The van der Waals surface area contributed by atoms with Crippen LogP contribution >= 0.6 is 11.6 Å². The van der Waals surface area contributed by atoms with Crippen molar-refractivity contribution < 1.29 is 4.79 Å². The smallest absolute Gasteiger partial charge is 0.240 e. The highest BCUT2D eigenvalue weighted by Gasteiger charge is 2.16. The number of carbonyl (C=O) groups is 1. The average molecular weight is 201 g/mol. The molecule has 0 aliphatic carbocycles. The molecule has 0 aromatic carbocycles. The molecule has 1 unspecified atom stereocenters. The van der Waals surface area contributed by atoms with Gasteiger partial charge in [-0.1, -0.05) is 6.08 Å². The summed E-state index contributed by atoms with van der Waals surface area (Å²) in [7, 11) is 0. The summed E-state index contributed by atoms with van der Waals surface area (Å²) in [5, 5.41) is 7.81. The molecule has 0 aromatic heterocycles. The molecule has 0 heterocycles. The Balaban J connectivity index is 4.16. The van der Waals surface area contributed by atoms with Crippen molar-refractivity contribution in [2.75, 3.05) is 13.1 Å². The van der Waals surface area contributed by atoms with Gasteiger partial charge in [-0.3, -0.25) is 4.79 Å². The maximum Gasteiger partial charge on any atom is 0.240 e. The first-order chi connectivity index (χ1) is 6.13. The fourth-order valence-corrected chi connectivity index (χ4v) is 1.02. The number of hydrogen-bond acceptors (Lipinski definition) is 2. The van der Waals surface area contributed by atoms with E-state index in [4.69, 9.17) is 16.9 Å². The van der Waals surface area contributed by atoms with Gasteiger partial charge in [0.05, 0.1) is 12.5 Å².